The molecule has 5 heteroatoms. The van der Waals surface area contributed by atoms with Crippen molar-refractivity contribution in [2.75, 3.05) is 19.7 Å². The van der Waals surface area contributed by atoms with Crippen LogP contribution in [0.3, 0.4) is 0 Å². The molecule has 2 heterocycles. The van der Waals surface area contributed by atoms with Gasteiger partial charge in [-0.3, -0.25) is 9.58 Å². The number of benzene rings is 2. The Bertz CT molecular complexity index is 985. The van der Waals surface area contributed by atoms with Gasteiger partial charge in [-0.15, -0.1) is 0 Å². The monoisotopic (exact) mass is 419 g/mol. The fourth-order valence-electron chi connectivity index (χ4n) is 4.16. The van der Waals surface area contributed by atoms with Gasteiger partial charge >= 0.3 is 0 Å². The van der Waals surface area contributed by atoms with Gasteiger partial charge in [0.2, 0.25) is 0 Å². The Morgan fingerprint density at radius 2 is 1.81 bits per heavy atom. The molecular formula is C26H33N3O2. The first-order chi connectivity index (χ1) is 15.0. The van der Waals surface area contributed by atoms with Crippen LogP contribution in [0.25, 0.3) is 0 Å². The first kappa shape index (κ1) is 21.6. The maximum absolute atomic E-state index is 11.1. The third-order valence-electron chi connectivity index (χ3n) is 6.28. The molecule has 0 saturated carbocycles. The number of nitrogens with zero attached hydrogens (tertiary/aromatic N) is 3. The summed E-state index contributed by atoms with van der Waals surface area (Å²) in [6.07, 6.45) is 6.54. The van der Waals surface area contributed by atoms with E-state index in [-0.39, 0.29) is 0 Å². The molecule has 5 nitrogen and oxygen atoms in total. The summed E-state index contributed by atoms with van der Waals surface area (Å²) in [6.45, 7) is 8.02. The molecule has 1 atom stereocenters. The van der Waals surface area contributed by atoms with Crippen LogP contribution in [0, 0.1) is 13.8 Å². The van der Waals surface area contributed by atoms with Crippen molar-refractivity contribution in [1.29, 1.82) is 0 Å². The van der Waals surface area contributed by atoms with E-state index in [1.165, 1.54) is 22.3 Å². The van der Waals surface area contributed by atoms with Crippen molar-refractivity contribution in [3.63, 3.8) is 0 Å². The molecule has 2 aromatic carbocycles. The third-order valence-corrected chi connectivity index (χ3v) is 6.28. The highest BCUT2D eigenvalue weighted by atomic mass is 16.5. The lowest BCUT2D eigenvalue weighted by atomic mass is 9.96. The lowest BCUT2D eigenvalue weighted by Crippen LogP contribution is -2.37. The number of aryl methyl sites for hydroxylation is 2. The number of aliphatic hydroxyl groups is 1. The molecule has 1 fully saturated rings. The van der Waals surface area contributed by atoms with Crippen molar-refractivity contribution in [2.45, 2.75) is 51.8 Å². The summed E-state index contributed by atoms with van der Waals surface area (Å²) >= 11 is 0. The summed E-state index contributed by atoms with van der Waals surface area (Å²) in [5, 5.41) is 15.6. The Balaban J connectivity index is 1.29. The maximum Gasteiger partial charge on any atom is 0.119 e. The molecule has 31 heavy (non-hydrogen) atoms. The normalized spacial score (nSPS) is 19.8. The lowest BCUT2D eigenvalue weighted by molar-refractivity contribution is -0.0168. The number of ether oxygens (including phenoxy) is 1. The molecule has 1 unspecified atom stereocenters. The van der Waals surface area contributed by atoms with Gasteiger partial charge in [-0.25, -0.2) is 0 Å². The lowest BCUT2D eigenvalue weighted by Gasteiger charge is -2.27. The number of rotatable bonds is 7. The largest absolute Gasteiger partial charge is 0.491 e. The Morgan fingerprint density at radius 3 is 2.61 bits per heavy atom. The molecule has 1 aliphatic rings. The second-order valence-electron chi connectivity index (χ2n) is 8.92. The zero-order valence-corrected chi connectivity index (χ0v) is 18.6. The number of aromatic nitrogens is 2. The Hall–Kier alpha value is -2.63. The van der Waals surface area contributed by atoms with Crippen molar-refractivity contribution in [1.82, 2.24) is 14.7 Å². The molecule has 0 amide bonds. The maximum atomic E-state index is 11.1. The van der Waals surface area contributed by atoms with Gasteiger partial charge < -0.3 is 9.84 Å². The first-order valence-corrected chi connectivity index (χ1v) is 11.2. The van der Waals surface area contributed by atoms with Gasteiger partial charge in [-0.2, -0.15) is 5.10 Å². The summed E-state index contributed by atoms with van der Waals surface area (Å²) in [5.74, 6) is 0.837. The number of hydrogen-bond donors (Lipinski definition) is 1. The predicted octanol–water partition coefficient (Wildman–Crippen LogP) is 4.34. The van der Waals surface area contributed by atoms with E-state index in [2.05, 4.69) is 66.4 Å². The van der Waals surface area contributed by atoms with E-state index >= 15 is 0 Å². The average Bonchev–Trinajstić information content (AvgIpc) is 3.11. The van der Waals surface area contributed by atoms with E-state index in [1.807, 2.05) is 23.0 Å². The highest BCUT2D eigenvalue weighted by Crippen LogP contribution is 2.25. The van der Waals surface area contributed by atoms with E-state index < -0.39 is 5.60 Å². The standard InChI is InChI=1S/C26H33N3O2/c1-21-9-10-25(15-22(21)2)31-20-26(30)11-6-13-28(14-12-26)17-24-16-27-29(19-24)18-23-7-4-3-5-8-23/h3-5,7-10,15-16,19,30H,6,11-14,17-18,20H2,1-2H3. The SMILES string of the molecule is Cc1ccc(OCC2(O)CCCN(Cc3cnn(Cc4ccccc4)c3)CC2)cc1C. The molecular weight excluding hydrogens is 386 g/mol. The molecule has 0 radical (unpaired) electrons. The quantitative estimate of drug-likeness (QED) is 0.619. The van der Waals surface area contributed by atoms with Crippen molar-refractivity contribution in [3.8, 4) is 5.75 Å². The van der Waals surface area contributed by atoms with Gasteiger partial charge in [0.15, 0.2) is 0 Å². The van der Waals surface area contributed by atoms with E-state index in [1.54, 1.807) is 0 Å². The highest BCUT2D eigenvalue weighted by molar-refractivity contribution is 5.33. The van der Waals surface area contributed by atoms with Crippen LogP contribution < -0.4 is 4.74 Å². The molecule has 3 aromatic rings. The Morgan fingerprint density at radius 1 is 0.968 bits per heavy atom. The second kappa shape index (κ2) is 9.67. The van der Waals surface area contributed by atoms with Crippen molar-refractivity contribution in [2.24, 2.45) is 0 Å². The summed E-state index contributed by atoms with van der Waals surface area (Å²) in [6, 6.07) is 16.5. The minimum absolute atomic E-state index is 0.346. The summed E-state index contributed by atoms with van der Waals surface area (Å²) < 4.78 is 7.97. The van der Waals surface area contributed by atoms with E-state index in [0.717, 1.165) is 51.2 Å². The molecule has 4 rings (SSSR count). The molecule has 0 aliphatic carbocycles. The number of hydrogen-bond acceptors (Lipinski definition) is 4. The fourth-order valence-corrected chi connectivity index (χ4v) is 4.16. The Labute approximate surface area is 185 Å². The van der Waals surface area contributed by atoms with Crippen molar-refractivity contribution >= 4 is 0 Å². The molecule has 164 valence electrons. The van der Waals surface area contributed by atoms with Crippen LogP contribution >= 0.6 is 0 Å². The van der Waals surface area contributed by atoms with Crippen LogP contribution in [0.4, 0.5) is 0 Å². The van der Waals surface area contributed by atoms with Gasteiger partial charge in [0, 0.05) is 24.8 Å². The van der Waals surface area contributed by atoms with Crippen LogP contribution in [0.2, 0.25) is 0 Å². The predicted molar refractivity (Wildman–Crippen MR) is 123 cm³/mol. The summed E-state index contributed by atoms with van der Waals surface area (Å²) in [5.41, 5.74) is 4.16. The van der Waals surface area contributed by atoms with Crippen LogP contribution in [-0.4, -0.2) is 45.1 Å². The van der Waals surface area contributed by atoms with E-state index in [4.69, 9.17) is 4.74 Å². The Kier molecular flexibility index (Phi) is 6.73. The minimum atomic E-state index is -0.773. The smallest absolute Gasteiger partial charge is 0.119 e. The second-order valence-corrected chi connectivity index (χ2v) is 8.92. The summed E-state index contributed by atoms with van der Waals surface area (Å²) in [4.78, 5) is 2.41. The molecule has 1 aromatic heterocycles. The van der Waals surface area contributed by atoms with Gasteiger partial charge in [0.1, 0.15) is 12.4 Å². The average molecular weight is 420 g/mol. The van der Waals surface area contributed by atoms with Crippen LogP contribution in [0.5, 0.6) is 5.75 Å². The van der Waals surface area contributed by atoms with Crippen molar-refractivity contribution < 1.29 is 9.84 Å². The molecule has 1 aliphatic heterocycles. The minimum Gasteiger partial charge on any atom is -0.491 e. The molecule has 1 N–H and O–H groups in total. The molecule has 0 bridgehead atoms. The van der Waals surface area contributed by atoms with E-state index in [0.29, 0.717) is 6.61 Å². The highest BCUT2D eigenvalue weighted by Gasteiger charge is 2.31. The van der Waals surface area contributed by atoms with E-state index in [9.17, 15) is 5.11 Å². The van der Waals surface area contributed by atoms with Gasteiger partial charge in [-0.05, 0) is 68.5 Å². The van der Waals surface area contributed by atoms with Crippen LogP contribution in [-0.2, 0) is 13.1 Å². The van der Waals surface area contributed by atoms with Gasteiger partial charge in [0.05, 0.1) is 18.3 Å². The first-order valence-electron chi connectivity index (χ1n) is 11.2. The van der Waals surface area contributed by atoms with Crippen molar-refractivity contribution in [3.05, 3.63) is 83.2 Å². The zero-order valence-electron chi connectivity index (χ0n) is 18.6. The molecule has 1 saturated heterocycles. The molecule has 0 spiro atoms. The van der Waals surface area contributed by atoms with Crippen LogP contribution in [0.1, 0.15) is 41.5 Å². The zero-order chi connectivity index (χ0) is 21.7. The van der Waals surface area contributed by atoms with Gasteiger partial charge in [0.25, 0.3) is 0 Å². The van der Waals surface area contributed by atoms with Crippen LogP contribution in [0.15, 0.2) is 60.9 Å². The van der Waals surface area contributed by atoms with Gasteiger partial charge in [-0.1, -0.05) is 36.4 Å². The summed E-state index contributed by atoms with van der Waals surface area (Å²) in [7, 11) is 0. The topological polar surface area (TPSA) is 50.5 Å². The number of likely N-dealkylation sites (tertiary alicyclic amines) is 1. The fraction of sp³-hybridized carbons (Fsp3) is 0.423. The third kappa shape index (κ3) is 5.96.